The lowest BCUT2D eigenvalue weighted by Gasteiger charge is -2.26. The van der Waals surface area contributed by atoms with Gasteiger partial charge in [-0.1, -0.05) is 121 Å². The largest absolute Gasteiger partial charge is 0.494 e. The molecular formula is C44H38O4. The number of aliphatic hydroxyl groups is 2. The molecule has 0 fully saturated rings. The highest BCUT2D eigenvalue weighted by molar-refractivity contribution is 5.83. The summed E-state index contributed by atoms with van der Waals surface area (Å²) in [5.74, 6) is 1.62. The van der Waals surface area contributed by atoms with Crippen LogP contribution < -0.4 is 9.47 Å². The molecule has 0 saturated heterocycles. The van der Waals surface area contributed by atoms with Crippen LogP contribution in [0.2, 0.25) is 0 Å². The Hall–Kier alpha value is -5.16. The Bertz CT molecular complexity index is 1820. The minimum absolute atomic E-state index is 0.646. The number of unbranched alkanes of at least 4 members (excludes halogenated alkanes) is 3. The summed E-state index contributed by atoms with van der Waals surface area (Å²) in [5.41, 5.74) is 7.32. The van der Waals surface area contributed by atoms with Crippen LogP contribution >= 0.6 is 0 Å². The molecule has 0 saturated carbocycles. The van der Waals surface area contributed by atoms with Crippen molar-refractivity contribution in [2.24, 2.45) is 0 Å². The molecule has 238 valence electrons. The van der Waals surface area contributed by atoms with E-state index in [4.69, 9.17) is 9.47 Å². The summed E-state index contributed by atoms with van der Waals surface area (Å²) in [6, 6.07) is 48.1. The molecule has 6 aromatic rings. The van der Waals surface area contributed by atoms with E-state index < -0.39 is 11.2 Å². The SMILES string of the molecule is OC1(c2ccc(OCCCCCCOc3ccc(C4(O)c5ccccc5-c5ccccc54)cc3)cc2)c2ccccc2-c2ccccc21. The van der Waals surface area contributed by atoms with Gasteiger partial charge in [0.25, 0.3) is 0 Å². The standard InChI is InChI=1S/C44H38O4/c45-43(39-17-7-3-13-35(39)36-14-4-8-18-40(36)43)31-21-25-33(26-22-31)47-29-11-1-2-12-30-48-34-27-23-32(24-28-34)44(46)41-19-9-5-15-37(41)38-16-6-10-20-42(38)44/h3-10,13-28,45-46H,1-2,11-12,29-30H2. The number of rotatable bonds is 11. The average Bonchev–Trinajstić information content (AvgIpc) is 3.57. The third-order valence-corrected chi connectivity index (χ3v) is 9.97. The minimum Gasteiger partial charge on any atom is -0.494 e. The monoisotopic (exact) mass is 630 g/mol. The van der Waals surface area contributed by atoms with Crippen molar-refractivity contribution in [3.63, 3.8) is 0 Å². The van der Waals surface area contributed by atoms with E-state index in [0.717, 1.165) is 92.8 Å². The second kappa shape index (κ2) is 12.5. The van der Waals surface area contributed by atoms with Gasteiger partial charge in [-0.3, -0.25) is 0 Å². The fourth-order valence-corrected chi connectivity index (χ4v) is 7.57. The Morgan fingerprint density at radius 1 is 0.354 bits per heavy atom. The van der Waals surface area contributed by atoms with E-state index in [2.05, 4.69) is 24.3 Å². The molecule has 0 heterocycles. The predicted octanol–water partition coefficient (Wildman–Crippen LogP) is 9.23. The molecule has 0 unspecified atom stereocenters. The zero-order valence-corrected chi connectivity index (χ0v) is 26.8. The fourth-order valence-electron chi connectivity index (χ4n) is 7.57. The van der Waals surface area contributed by atoms with Crippen LogP contribution in [0.25, 0.3) is 22.3 Å². The molecule has 8 rings (SSSR count). The number of ether oxygens (including phenoxy) is 2. The molecule has 0 amide bonds. The van der Waals surface area contributed by atoms with E-state index in [-0.39, 0.29) is 0 Å². The van der Waals surface area contributed by atoms with Gasteiger partial charge in [0.2, 0.25) is 0 Å². The van der Waals surface area contributed by atoms with Gasteiger partial charge in [-0.05, 0) is 83.3 Å². The highest BCUT2D eigenvalue weighted by Gasteiger charge is 2.43. The molecule has 0 radical (unpaired) electrons. The van der Waals surface area contributed by atoms with Crippen LogP contribution in [-0.4, -0.2) is 23.4 Å². The van der Waals surface area contributed by atoms with Crippen molar-refractivity contribution in [2.45, 2.75) is 36.9 Å². The summed E-state index contributed by atoms with van der Waals surface area (Å²) in [5, 5.41) is 24.0. The van der Waals surface area contributed by atoms with E-state index in [0.29, 0.717) is 13.2 Å². The maximum Gasteiger partial charge on any atom is 0.141 e. The zero-order chi connectivity index (χ0) is 32.6. The molecule has 0 aromatic heterocycles. The van der Waals surface area contributed by atoms with Crippen LogP contribution in [-0.2, 0) is 11.2 Å². The molecular weight excluding hydrogens is 592 g/mol. The van der Waals surface area contributed by atoms with Crippen LogP contribution in [0.15, 0.2) is 146 Å². The van der Waals surface area contributed by atoms with Crippen molar-refractivity contribution >= 4 is 0 Å². The molecule has 0 spiro atoms. The van der Waals surface area contributed by atoms with Gasteiger partial charge in [-0.15, -0.1) is 0 Å². The molecule has 4 heteroatoms. The minimum atomic E-state index is -1.18. The Morgan fingerprint density at radius 3 is 0.958 bits per heavy atom. The van der Waals surface area contributed by atoms with Crippen LogP contribution in [0, 0.1) is 0 Å². The van der Waals surface area contributed by atoms with Gasteiger partial charge in [0.1, 0.15) is 22.7 Å². The van der Waals surface area contributed by atoms with E-state index in [1.165, 1.54) is 0 Å². The Labute approximate surface area is 281 Å². The molecule has 2 aliphatic rings. The number of fused-ring (bicyclic) bond motifs is 6. The van der Waals surface area contributed by atoms with E-state index in [1.807, 2.05) is 121 Å². The third-order valence-electron chi connectivity index (χ3n) is 9.97. The first-order valence-corrected chi connectivity index (χ1v) is 16.9. The van der Waals surface area contributed by atoms with E-state index in [9.17, 15) is 10.2 Å². The molecule has 4 nitrogen and oxygen atoms in total. The first kappa shape index (κ1) is 30.2. The normalized spacial score (nSPS) is 14.5. The summed E-state index contributed by atoms with van der Waals surface area (Å²) < 4.78 is 12.1. The molecule has 2 N–H and O–H groups in total. The van der Waals surface area contributed by atoms with Crippen molar-refractivity contribution in [1.29, 1.82) is 0 Å². The van der Waals surface area contributed by atoms with Gasteiger partial charge in [0.15, 0.2) is 0 Å². The summed E-state index contributed by atoms with van der Waals surface area (Å²) in [7, 11) is 0. The maximum atomic E-state index is 12.0. The summed E-state index contributed by atoms with van der Waals surface area (Å²) >= 11 is 0. The van der Waals surface area contributed by atoms with Gasteiger partial charge in [-0.2, -0.15) is 0 Å². The first-order valence-electron chi connectivity index (χ1n) is 16.9. The molecule has 0 atom stereocenters. The molecule has 0 bridgehead atoms. The summed E-state index contributed by atoms with van der Waals surface area (Å²) in [4.78, 5) is 0. The molecule has 2 aliphatic carbocycles. The summed E-state index contributed by atoms with van der Waals surface area (Å²) in [6.07, 6.45) is 4.03. The van der Waals surface area contributed by atoms with Crippen molar-refractivity contribution in [3.05, 3.63) is 179 Å². The lowest BCUT2D eigenvalue weighted by molar-refractivity contribution is 0.130. The number of benzene rings is 6. The Morgan fingerprint density at radius 2 is 0.646 bits per heavy atom. The second-order valence-electron chi connectivity index (χ2n) is 12.8. The topological polar surface area (TPSA) is 58.9 Å². The number of hydrogen-bond acceptors (Lipinski definition) is 4. The fraction of sp³-hybridized carbons (Fsp3) is 0.182. The van der Waals surface area contributed by atoms with Crippen LogP contribution in [0.3, 0.4) is 0 Å². The van der Waals surface area contributed by atoms with E-state index >= 15 is 0 Å². The van der Waals surface area contributed by atoms with Crippen molar-refractivity contribution in [2.75, 3.05) is 13.2 Å². The smallest absolute Gasteiger partial charge is 0.141 e. The lowest BCUT2D eigenvalue weighted by Crippen LogP contribution is -2.26. The van der Waals surface area contributed by atoms with Gasteiger partial charge in [-0.25, -0.2) is 0 Å². The Balaban J connectivity index is 0.801. The van der Waals surface area contributed by atoms with Crippen molar-refractivity contribution in [3.8, 4) is 33.8 Å². The lowest BCUT2D eigenvalue weighted by atomic mass is 9.84. The quantitative estimate of drug-likeness (QED) is 0.140. The van der Waals surface area contributed by atoms with Gasteiger partial charge >= 0.3 is 0 Å². The van der Waals surface area contributed by atoms with Gasteiger partial charge < -0.3 is 19.7 Å². The van der Waals surface area contributed by atoms with Crippen LogP contribution in [0.1, 0.15) is 59.1 Å². The van der Waals surface area contributed by atoms with E-state index in [1.54, 1.807) is 0 Å². The second-order valence-corrected chi connectivity index (χ2v) is 12.8. The third kappa shape index (κ3) is 5.00. The first-order chi connectivity index (χ1) is 23.6. The molecule has 6 aromatic carbocycles. The zero-order valence-electron chi connectivity index (χ0n) is 26.8. The highest BCUT2D eigenvalue weighted by atomic mass is 16.5. The average molecular weight is 631 g/mol. The van der Waals surface area contributed by atoms with Gasteiger partial charge in [0.05, 0.1) is 13.2 Å². The van der Waals surface area contributed by atoms with Crippen molar-refractivity contribution < 1.29 is 19.7 Å². The van der Waals surface area contributed by atoms with Crippen LogP contribution in [0.4, 0.5) is 0 Å². The predicted molar refractivity (Wildman–Crippen MR) is 190 cm³/mol. The molecule has 48 heavy (non-hydrogen) atoms. The van der Waals surface area contributed by atoms with Crippen LogP contribution in [0.5, 0.6) is 11.5 Å². The van der Waals surface area contributed by atoms with Gasteiger partial charge in [0, 0.05) is 22.3 Å². The van der Waals surface area contributed by atoms with Crippen molar-refractivity contribution in [1.82, 2.24) is 0 Å². The maximum absolute atomic E-state index is 12.0. The summed E-state index contributed by atoms with van der Waals surface area (Å²) in [6.45, 7) is 1.29. The Kier molecular flexibility index (Phi) is 7.84. The number of hydrogen-bond donors (Lipinski definition) is 2. The highest BCUT2D eigenvalue weighted by Crippen LogP contribution is 2.52. The molecule has 0 aliphatic heterocycles.